The normalized spacial score (nSPS) is 13.2. The third-order valence-corrected chi connectivity index (χ3v) is 6.66. The molecular weight excluding hydrogens is 451 g/mol. The van der Waals surface area contributed by atoms with E-state index in [4.69, 9.17) is 0 Å². The third-order valence-electron chi connectivity index (χ3n) is 5.62. The molecule has 176 valence electrons. The van der Waals surface area contributed by atoms with Gasteiger partial charge < -0.3 is 25.7 Å². The second-order valence-corrected chi connectivity index (χ2v) is 9.77. The van der Waals surface area contributed by atoms with Crippen molar-refractivity contribution in [2.24, 2.45) is 5.92 Å². The fraction of sp³-hybridized carbons (Fsp3) is 0.292. The summed E-state index contributed by atoms with van der Waals surface area (Å²) >= 11 is 1.26. The molecule has 2 heterocycles. The number of nitrogens with zero attached hydrogens (tertiary/aromatic N) is 1. The number of hydrogen-bond acceptors (Lipinski definition) is 6. The number of aromatic amines is 1. The maximum Gasteiger partial charge on any atom is 0.475 e. The Kier molecular flexibility index (Phi) is 7.30. The van der Waals surface area contributed by atoms with Crippen molar-refractivity contribution in [1.29, 1.82) is 0 Å². The molecule has 0 saturated carbocycles. The van der Waals surface area contributed by atoms with E-state index in [1.807, 2.05) is 68.6 Å². The van der Waals surface area contributed by atoms with Gasteiger partial charge in [0.15, 0.2) is 5.01 Å². The highest BCUT2D eigenvalue weighted by Crippen LogP contribution is 2.23. The highest BCUT2D eigenvalue weighted by Gasteiger charge is 2.31. The molecule has 0 bridgehead atoms. The van der Waals surface area contributed by atoms with E-state index in [1.54, 1.807) is 0 Å². The number of H-pyrrole nitrogens is 1. The van der Waals surface area contributed by atoms with Crippen molar-refractivity contribution < 1.29 is 19.6 Å². The number of fused-ring (bicyclic) bond motifs is 2. The first-order chi connectivity index (χ1) is 16.3. The van der Waals surface area contributed by atoms with Crippen LogP contribution in [0.25, 0.3) is 21.1 Å². The lowest BCUT2D eigenvalue weighted by atomic mass is 9.75. The van der Waals surface area contributed by atoms with Gasteiger partial charge in [-0.25, -0.2) is 4.98 Å². The zero-order valence-electron chi connectivity index (χ0n) is 19.0. The smallest absolute Gasteiger partial charge is 0.426 e. The van der Waals surface area contributed by atoms with Crippen molar-refractivity contribution in [2.45, 2.75) is 38.7 Å². The Balaban J connectivity index is 1.59. The van der Waals surface area contributed by atoms with Crippen molar-refractivity contribution in [1.82, 2.24) is 20.6 Å². The van der Waals surface area contributed by atoms with Gasteiger partial charge in [0, 0.05) is 23.5 Å². The maximum absolute atomic E-state index is 13.3. The summed E-state index contributed by atoms with van der Waals surface area (Å²) in [5.41, 5.74) is 2.51. The van der Waals surface area contributed by atoms with E-state index in [1.165, 1.54) is 11.3 Å². The van der Waals surface area contributed by atoms with Crippen molar-refractivity contribution in [3.8, 4) is 0 Å². The van der Waals surface area contributed by atoms with Gasteiger partial charge in [-0.3, -0.25) is 9.59 Å². The minimum absolute atomic E-state index is 0.136. The number of hydrogen-bond donors (Lipinski definition) is 5. The molecule has 0 aliphatic rings. The number of para-hydroxylation sites is 2. The first-order valence-electron chi connectivity index (χ1n) is 11.2. The Morgan fingerprint density at radius 3 is 2.56 bits per heavy atom. The predicted octanol–water partition coefficient (Wildman–Crippen LogP) is 2.66. The summed E-state index contributed by atoms with van der Waals surface area (Å²) in [6.45, 7) is 3.86. The number of nitrogens with one attached hydrogen (secondary N) is 3. The summed E-state index contributed by atoms with van der Waals surface area (Å²) in [6.07, 6.45) is 2.43. The summed E-state index contributed by atoms with van der Waals surface area (Å²) in [4.78, 5) is 33.9. The van der Waals surface area contributed by atoms with Gasteiger partial charge in [-0.15, -0.1) is 11.3 Å². The van der Waals surface area contributed by atoms with Crippen LogP contribution in [0, 0.1) is 5.92 Å². The van der Waals surface area contributed by atoms with E-state index in [0.29, 0.717) is 6.42 Å². The lowest BCUT2D eigenvalue weighted by molar-refractivity contribution is -0.123. The monoisotopic (exact) mass is 478 g/mol. The molecule has 0 radical (unpaired) electrons. The molecule has 8 nitrogen and oxygen atoms in total. The molecule has 4 rings (SSSR count). The van der Waals surface area contributed by atoms with Gasteiger partial charge >= 0.3 is 7.12 Å². The first kappa shape index (κ1) is 23.9. The average molecular weight is 478 g/mol. The van der Waals surface area contributed by atoms with Gasteiger partial charge in [-0.2, -0.15) is 0 Å². The molecule has 4 aromatic rings. The highest BCUT2D eigenvalue weighted by atomic mass is 32.1. The molecule has 34 heavy (non-hydrogen) atoms. The summed E-state index contributed by atoms with van der Waals surface area (Å²) in [5, 5.41) is 26.3. The molecule has 10 heteroatoms. The van der Waals surface area contributed by atoms with Crippen LogP contribution >= 0.6 is 11.3 Å². The summed E-state index contributed by atoms with van der Waals surface area (Å²) in [7, 11) is -1.71. The predicted molar refractivity (Wildman–Crippen MR) is 134 cm³/mol. The van der Waals surface area contributed by atoms with E-state index in [0.717, 1.165) is 26.7 Å². The summed E-state index contributed by atoms with van der Waals surface area (Å²) in [5.74, 6) is -1.65. The van der Waals surface area contributed by atoms with E-state index < -0.39 is 30.9 Å². The number of benzene rings is 2. The van der Waals surface area contributed by atoms with Gasteiger partial charge in [-0.1, -0.05) is 44.2 Å². The number of aromatic nitrogens is 2. The zero-order chi connectivity index (χ0) is 24.2. The van der Waals surface area contributed by atoms with E-state index in [-0.39, 0.29) is 17.3 Å². The average Bonchev–Trinajstić information content (AvgIpc) is 3.42. The Morgan fingerprint density at radius 1 is 1.09 bits per heavy atom. The second-order valence-electron chi connectivity index (χ2n) is 8.73. The van der Waals surface area contributed by atoms with Crippen molar-refractivity contribution in [2.75, 3.05) is 0 Å². The Hall–Kier alpha value is -3.21. The lowest BCUT2D eigenvalue weighted by Crippen LogP contribution is -2.55. The molecule has 2 aromatic carbocycles. The molecule has 0 spiro atoms. The van der Waals surface area contributed by atoms with Crippen LogP contribution in [0.3, 0.4) is 0 Å². The summed E-state index contributed by atoms with van der Waals surface area (Å²) < 4.78 is 0.880. The fourth-order valence-electron chi connectivity index (χ4n) is 3.97. The zero-order valence-corrected chi connectivity index (χ0v) is 19.8. The van der Waals surface area contributed by atoms with E-state index >= 15 is 0 Å². The topological polar surface area (TPSA) is 127 Å². The maximum atomic E-state index is 13.3. The standard InChI is InChI=1S/C24H27BN4O4S/c1-14(2)11-21(25(32)33)29-22(30)19(12-15-13-26-17-8-4-3-7-16(15)17)27-23(31)24-28-18-9-5-6-10-20(18)34-24/h3-10,13-14,19,21,26,32-33H,11-12H2,1-2H3,(H,27,31)(H,29,30)/t19-,21-/m0/s1. The number of carbonyl (C=O) groups excluding carboxylic acids is 2. The molecule has 2 aromatic heterocycles. The molecule has 2 amide bonds. The van der Waals surface area contributed by atoms with Crippen LogP contribution in [0.4, 0.5) is 0 Å². The van der Waals surface area contributed by atoms with Crippen LogP contribution in [-0.4, -0.2) is 50.9 Å². The molecule has 0 unspecified atom stereocenters. The molecule has 0 aliphatic carbocycles. The molecular formula is C24H27BN4O4S. The SMILES string of the molecule is CC(C)C[C@H](NC(=O)[C@H](Cc1c[nH]c2ccccc12)NC(=O)c1nc2ccccc2s1)B(O)O. The van der Waals surface area contributed by atoms with Gasteiger partial charge in [-0.05, 0) is 36.1 Å². The third kappa shape index (κ3) is 5.47. The van der Waals surface area contributed by atoms with Crippen LogP contribution in [0.15, 0.2) is 54.7 Å². The summed E-state index contributed by atoms with van der Waals surface area (Å²) in [6, 6.07) is 14.2. The first-order valence-corrected chi connectivity index (χ1v) is 12.0. The minimum atomic E-state index is -1.71. The van der Waals surface area contributed by atoms with E-state index in [9.17, 15) is 19.6 Å². The van der Waals surface area contributed by atoms with Crippen molar-refractivity contribution in [3.05, 3.63) is 65.3 Å². The van der Waals surface area contributed by atoms with Crippen molar-refractivity contribution >= 4 is 51.4 Å². The molecule has 2 atom stereocenters. The van der Waals surface area contributed by atoms with Gasteiger partial charge in [0.05, 0.1) is 16.2 Å². The molecule has 0 fully saturated rings. The highest BCUT2D eigenvalue weighted by molar-refractivity contribution is 7.20. The largest absolute Gasteiger partial charge is 0.475 e. The van der Waals surface area contributed by atoms with Crippen LogP contribution in [-0.2, 0) is 11.2 Å². The van der Waals surface area contributed by atoms with Gasteiger partial charge in [0.2, 0.25) is 5.91 Å². The van der Waals surface area contributed by atoms with Crippen LogP contribution < -0.4 is 10.6 Å². The van der Waals surface area contributed by atoms with Gasteiger partial charge in [0.1, 0.15) is 6.04 Å². The van der Waals surface area contributed by atoms with Crippen molar-refractivity contribution in [3.63, 3.8) is 0 Å². The number of thiazole rings is 1. The molecule has 0 saturated heterocycles. The van der Waals surface area contributed by atoms with Gasteiger partial charge in [0.25, 0.3) is 5.91 Å². The quantitative estimate of drug-likeness (QED) is 0.237. The van der Waals surface area contributed by atoms with Crippen LogP contribution in [0.1, 0.15) is 35.6 Å². The lowest BCUT2D eigenvalue weighted by Gasteiger charge is -2.24. The number of rotatable bonds is 9. The van der Waals surface area contributed by atoms with Crippen LogP contribution in [0.2, 0.25) is 0 Å². The number of amides is 2. The second kappa shape index (κ2) is 10.4. The fourth-order valence-corrected chi connectivity index (χ4v) is 4.83. The number of carbonyl (C=O) groups is 2. The molecule has 5 N–H and O–H groups in total. The Bertz CT molecular complexity index is 1270. The molecule has 0 aliphatic heterocycles. The Labute approximate surface area is 201 Å². The van der Waals surface area contributed by atoms with E-state index in [2.05, 4.69) is 20.6 Å². The van der Waals surface area contributed by atoms with Crippen LogP contribution in [0.5, 0.6) is 0 Å². The Morgan fingerprint density at radius 2 is 1.82 bits per heavy atom. The minimum Gasteiger partial charge on any atom is -0.426 e.